The van der Waals surface area contributed by atoms with Crippen LogP contribution < -0.4 is 11.1 Å². The van der Waals surface area contributed by atoms with Crippen molar-refractivity contribution in [3.8, 4) is 0 Å². The zero-order valence-electron chi connectivity index (χ0n) is 13.9. The van der Waals surface area contributed by atoms with Gasteiger partial charge in [-0.15, -0.1) is 0 Å². The molecule has 1 heterocycles. The zero-order valence-corrected chi connectivity index (χ0v) is 13.9. The van der Waals surface area contributed by atoms with Gasteiger partial charge in [0.2, 0.25) is 11.8 Å². The first-order valence-corrected chi connectivity index (χ1v) is 8.29. The number of aliphatic carboxylic acids is 1. The van der Waals surface area contributed by atoms with Crippen molar-refractivity contribution in [1.82, 2.24) is 15.1 Å². The molecule has 2 amide bonds. The first-order valence-electron chi connectivity index (χ1n) is 8.29. The number of nitrogens with two attached hydrogens (primary N) is 1. The summed E-state index contributed by atoms with van der Waals surface area (Å²) in [6.07, 6.45) is 2.14. The van der Waals surface area contributed by atoms with E-state index in [1.54, 1.807) is 9.80 Å². The number of piperazine rings is 1. The van der Waals surface area contributed by atoms with E-state index >= 15 is 0 Å². The van der Waals surface area contributed by atoms with E-state index in [2.05, 4.69) is 5.32 Å². The van der Waals surface area contributed by atoms with Crippen molar-refractivity contribution in [2.24, 2.45) is 5.73 Å². The molecule has 0 aromatic heterocycles. The molecule has 5 N–H and O–H groups in total. The Hall–Kier alpha value is -1.71. The molecule has 0 aromatic rings. The first kappa shape index (κ1) is 20.3. The normalized spacial score (nSPS) is 18.4. The molecule has 24 heavy (non-hydrogen) atoms. The molecule has 0 saturated carbocycles. The Balaban J connectivity index is 2.30. The largest absolute Gasteiger partial charge is 0.480 e. The van der Waals surface area contributed by atoms with Crippen LogP contribution in [0, 0.1) is 0 Å². The van der Waals surface area contributed by atoms with Crippen molar-refractivity contribution in [1.29, 1.82) is 0 Å². The lowest BCUT2D eigenvalue weighted by atomic mass is 10.1. The summed E-state index contributed by atoms with van der Waals surface area (Å²) in [6.45, 7) is 1.63. The lowest BCUT2D eigenvalue weighted by Gasteiger charge is -2.39. The van der Waals surface area contributed by atoms with Crippen LogP contribution in [0.1, 0.15) is 25.7 Å². The number of carbonyl (C=O) groups is 3. The molecule has 0 aromatic carbocycles. The van der Waals surface area contributed by atoms with E-state index in [4.69, 9.17) is 10.8 Å². The Kier molecular flexibility index (Phi) is 9.28. The highest BCUT2D eigenvalue weighted by atomic mass is 16.4. The quantitative estimate of drug-likeness (QED) is 0.344. The maximum absolute atomic E-state index is 12.2. The number of nitrogens with one attached hydrogen (secondary N) is 1. The van der Waals surface area contributed by atoms with Gasteiger partial charge in [0.25, 0.3) is 0 Å². The molecule has 1 aliphatic rings. The Morgan fingerprint density at radius 1 is 1.17 bits per heavy atom. The second-order valence-electron chi connectivity index (χ2n) is 5.89. The van der Waals surface area contributed by atoms with E-state index in [0.29, 0.717) is 32.6 Å². The molecule has 1 atom stereocenters. The van der Waals surface area contributed by atoms with Crippen LogP contribution in [0.25, 0.3) is 0 Å². The summed E-state index contributed by atoms with van der Waals surface area (Å²) in [5.41, 5.74) is 5.36. The Morgan fingerprint density at radius 2 is 1.92 bits per heavy atom. The number of aliphatic hydroxyl groups excluding tert-OH is 1. The summed E-state index contributed by atoms with van der Waals surface area (Å²) in [5.74, 6) is -1.15. The van der Waals surface area contributed by atoms with E-state index in [1.807, 2.05) is 0 Å². The minimum atomic E-state index is -0.953. The van der Waals surface area contributed by atoms with E-state index in [-0.39, 0.29) is 44.0 Å². The fourth-order valence-electron chi connectivity index (χ4n) is 2.66. The number of aliphatic hydroxyl groups is 1. The summed E-state index contributed by atoms with van der Waals surface area (Å²) in [7, 11) is 0. The Bertz CT molecular complexity index is 432. The average Bonchev–Trinajstić information content (AvgIpc) is 2.54. The standard InChI is InChI=1S/C15H28N4O5/c16-5-2-1-3-13(21)17-6-4-14(22)19-8-7-18(10-15(23)24)12(9-19)11-20/h12,20H,1-11,16H2,(H,17,21)(H,23,24). The van der Waals surface area contributed by atoms with Gasteiger partial charge >= 0.3 is 5.97 Å². The Morgan fingerprint density at radius 3 is 2.54 bits per heavy atom. The molecule has 0 bridgehead atoms. The van der Waals surface area contributed by atoms with Crippen LogP contribution in [-0.2, 0) is 14.4 Å². The SMILES string of the molecule is NCCCCC(=O)NCCC(=O)N1CCN(CC(=O)O)C(CO)C1. The fourth-order valence-corrected chi connectivity index (χ4v) is 2.66. The third-order valence-electron chi connectivity index (χ3n) is 4.03. The van der Waals surface area contributed by atoms with Gasteiger partial charge in [0, 0.05) is 39.0 Å². The highest BCUT2D eigenvalue weighted by molar-refractivity contribution is 5.79. The molecule has 1 unspecified atom stereocenters. The van der Waals surface area contributed by atoms with Crippen molar-refractivity contribution >= 4 is 17.8 Å². The first-order chi connectivity index (χ1) is 11.5. The molecule has 0 radical (unpaired) electrons. The molecule has 138 valence electrons. The lowest BCUT2D eigenvalue weighted by Crippen LogP contribution is -2.57. The lowest BCUT2D eigenvalue weighted by molar-refractivity contribution is -0.141. The minimum Gasteiger partial charge on any atom is -0.480 e. The van der Waals surface area contributed by atoms with Crippen molar-refractivity contribution < 1.29 is 24.6 Å². The number of carbonyl (C=O) groups excluding carboxylic acids is 2. The van der Waals surface area contributed by atoms with Crippen LogP contribution in [0.4, 0.5) is 0 Å². The van der Waals surface area contributed by atoms with Gasteiger partial charge < -0.3 is 26.2 Å². The summed E-state index contributed by atoms with van der Waals surface area (Å²) >= 11 is 0. The number of rotatable bonds is 10. The predicted octanol–water partition coefficient (Wildman–Crippen LogP) is -1.79. The molecular formula is C15H28N4O5. The highest BCUT2D eigenvalue weighted by Crippen LogP contribution is 2.10. The molecule has 1 aliphatic heterocycles. The number of hydrogen-bond donors (Lipinski definition) is 4. The predicted molar refractivity (Wildman–Crippen MR) is 87.2 cm³/mol. The fraction of sp³-hybridized carbons (Fsp3) is 0.800. The van der Waals surface area contributed by atoms with Crippen LogP contribution >= 0.6 is 0 Å². The van der Waals surface area contributed by atoms with Crippen LogP contribution in [0.15, 0.2) is 0 Å². The van der Waals surface area contributed by atoms with Crippen LogP contribution in [-0.4, -0.2) is 89.7 Å². The van der Waals surface area contributed by atoms with Crippen molar-refractivity contribution in [2.45, 2.75) is 31.7 Å². The summed E-state index contributed by atoms with van der Waals surface area (Å²) < 4.78 is 0. The van der Waals surface area contributed by atoms with E-state index < -0.39 is 5.97 Å². The molecule has 1 saturated heterocycles. The van der Waals surface area contributed by atoms with Crippen LogP contribution in [0.5, 0.6) is 0 Å². The van der Waals surface area contributed by atoms with Gasteiger partial charge in [-0.3, -0.25) is 19.3 Å². The zero-order chi connectivity index (χ0) is 17.9. The van der Waals surface area contributed by atoms with E-state index in [9.17, 15) is 19.5 Å². The second kappa shape index (κ2) is 11.0. The van der Waals surface area contributed by atoms with Gasteiger partial charge in [-0.1, -0.05) is 0 Å². The van der Waals surface area contributed by atoms with Crippen molar-refractivity contribution in [2.75, 3.05) is 45.9 Å². The number of carboxylic acids is 1. The molecule has 1 rings (SSSR count). The number of amides is 2. The molecule has 9 nitrogen and oxygen atoms in total. The molecule has 1 fully saturated rings. The van der Waals surface area contributed by atoms with Crippen LogP contribution in [0.3, 0.4) is 0 Å². The molecular weight excluding hydrogens is 316 g/mol. The monoisotopic (exact) mass is 344 g/mol. The average molecular weight is 344 g/mol. The smallest absolute Gasteiger partial charge is 0.317 e. The molecule has 0 aliphatic carbocycles. The second-order valence-corrected chi connectivity index (χ2v) is 5.89. The third-order valence-corrected chi connectivity index (χ3v) is 4.03. The summed E-state index contributed by atoms with van der Waals surface area (Å²) in [5, 5.41) is 20.9. The van der Waals surface area contributed by atoms with Gasteiger partial charge in [0.15, 0.2) is 0 Å². The third kappa shape index (κ3) is 7.24. The van der Waals surface area contributed by atoms with Gasteiger partial charge in [-0.05, 0) is 19.4 Å². The Labute approximate surface area is 141 Å². The topological polar surface area (TPSA) is 136 Å². The van der Waals surface area contributed by atoms with Gasteiger partial charge in [-0.25, -0.2) is 0 Å². The van der Waals surface area contributed by atoms with Gasteiger partial charge in [-0.2, -0.15) is 0 Å². The maximum atomic E-state index is 12.2. The molecule has 9 heteroatoms. The number of carboxylic acid groups (broad SMARTS) is 1. The summed E-state index contributed by atoms with van der Waals surface area (Å²) in [6, 6.07) is -0.371. The van der Waals surface area contributed by atoms with E-state index in [0.717, 1.165) is 12.8 Å². The number of nitrogens with zero attached hydrogens (tertiary/aromatic N) is 2. The minimum absolute atomic E-state index is 0.0873. The van der Waals surface area contributed by atoms with Gasteiger partial charge in [0.05, 0.1) is 19.2 Å². The summed E-state index contributed by atoms with van der Waals surface area (Å²) in [4.78, 5) is 37.8. The van der Waals surface area contributed by atoms with Crippen molar-refractivity contribution in [3.05, 3.63) is 0 Å². The number of hydrogen-bond acceptors (Lipinski definition) is 6. The van der Waals surface area contributed by atoms with E-state index in [1.165, 1.54) is 0 Å². The maximum Gasteiger partial charge on any atom is 0.317 e. The number of unbranched alkanes of at least 4 members (excludes halogenated alkanes) is 1. The van der Waals surface area contributed by atoms with Crippen molar-refractivity contribution in [3.63, 3.8) is 0 Å². The van der Waals surface area contributed by atoms with Gasteiger partial charge in [0.1, 0.15) is 0 Å². The molecule has 0 spiro atoms. The highest BCUT2D eigenvalue weighted by Gasteiger charge is 2.29. The van der Waals surface area contributed by atoms with Crippen LogP contribution in [0.2, 0.25) is 0 Å².